The van der Waals surface area contributed by atoms with Gasteiger partial charge in [-0.3, -0.25) is 0 Å². The van der Waals surface area contributed by atoms with Crippen LogP contribution in [0.3, 0.4) is 0 Å². The molecule has 3 atom stereocenters. The van der Waals surface area contributed by atoms with Crippen molar-refractivity contribution < 1.29 is 9.53 Å². The molecule has 2 rings (SSSR count). The summed E-state index contributed by atoms with van der Waals surface area (Å²) in [5.74, 6) is 0.106. The van der Waals surface area contributed by atoms with Crippen LogP contribution in [0.4, 0.5) is 0 Å². The lowest BCUT2D eigenvalue weighted by molar-refractivity contribution is -0.144. The Balaban J connectivity index is 2.35. The third kappa shape index (κ3) is 1.48. The van der Waals surface area contributed by atoms with E-state index in [2.05, 4.69) is 0 Å². The van der Waals surface area contributed by atoms with E-state index in [0.29, 0.717) is 0 Å². The molecule has 0 saturated carbocycles. The smallest absolute Gasteiger partial charge is 0.334 e. The van der Waals surface area contributed by atoms with E-state index in [4.69, 9.17) is 10.5 Å². The van der Waals surface area contributed by atoms with Gasteiger partial charge in [-0.15, -0.1) is 0 Å². The first-order chi connectivity index (χ1) is 6.18. The van der Waals surface area contributed by atoms with Crippen LogP contribution in [-0.4, -0.2) is 18.1 Å². The highest BCUT2D eigenvalue weighted by Crippen LogP contribution is 2.28. The fourth-order valence-electron chi connectivity index (χ4n) is 2.06. The molecule has 13 heavy (non-hydrogen) atoms. The zero-order valence-corrected chi connectivity index (χ0v) is 7.82. The quantitative estimate of drug-likeness (QED) is 0.567. The number of hydrogen-bond acceptors (Lipinski definition) is 3. The van der Waals surface area contributed by atoms with E-state index in [-0.39, 0.29) is 24.0 Å². The third-order valence-electron chi connectivity index (χ3n) is 2.96. The molecule has 0 amide bonds. The average molecular weight is 181 g/mol. The molecule has 3 heteroatoms. The van der Waals surface area contributed by atoms with Crippen LogP contribution in [0.1, 0.15) is 26.2 Å². The Bertz CT molecular complexity index is 260. The summed E-state index contributed by atoms with van der Waals surface area (Å²) in [6, 6.07) is -0.0262. The van der Waals surface area contributed by atoms with Gasteiger partial charge in [-0.1, -0.05) is 13.0 Å². The molecule has 0 aromatic heterocycles. The Morgan fingerprint density at radius 1 is 1.62 bits per heavy atom. The number of carbonyl (C=O) groups excluding carboxylic acids is 1. The van der Waals surface area contributed by atoms with Crippen molar-refractivity contribution in [2.24, 2.45) is 11.7 Å². The van der Waals surface area contributed by atoms with Crippen LogP contribution in [0, 0.1) is 5.92 Å². The maximum Gasteiger partial charge on any atom is 0.334 e. The van der Waals surface area contributed by atoms with Crippen molar-refractivity contribution in [2.75, 3.05) is 0 Å². The molecule has 2 aliphatic rings. The molecule has 0 aromatic rings. The van der Waals surface area contributed by atoms with Crippen molar-refractivity contribution in [3.63, 3.8) is 0 Å². The van der Waals surface area contributed by atoms with Gasteiger partial charge < -0.3 is 10.5 Å². The minimum absolute atomic E-state index is 0.0262. The van der Waals surface area contributed by atoms with E-state index < -0.39 is 0 Å². The van der Waals surface area contributed by atoms with Gasteiger partial charge >= 0.3 is 5.97 Å². The largest absolute Gasteiger partial charge is 0.457 e. The first-order valence-electron chi connectivity index (χ1n) is 4.86. The van der Waals surface area contributed by atoms with Crippen LogP contribution in [0.2, 0.25) is 0 Å². The maximum atomic E-state index is 11.4. The molecule has 0 radical (unpaired) electrons. The number of fused-ring (bicyclic) bond motifs is 3. The summed E-state index contributed by atoms with van der Waals surface area (Å²) < 4.78 is 5.29. The number of hydrogen-bond donors (Lipinski definition) is 1. The summed E-state index contributed by atoms with van der Waals surface area (Å²) in [4.78, 5) is 11.4. The summed E-state index contributed by atoms with van der Waals surface area (Å²) in [7, 11) is 0. The second kappa shape index (κ2) is 3.14. The van der Waals surface area contributed by atoms with Crippen LogP contribution in [0.5, 0.6) is 0 Å². The van der Waals surface area contributed by atoms with Crippen molar-refractivity contribution in [1.29, 1.82) is 0 Å². The number of nitrogens with two attached hydrogens (primary N) is 1. The number of ether oxygens (including phenoxy) is 1. The average Bonchev–Trinajstić information content (AvgIpc) is 2.31. The normalized spacial score (nSPS) is 39.1. The van der Waals surface area contributed by atoms with Crippen LogP contribution in [-0.2, 0) is 9.53 Å². The molecule has 72 valence electrons. The van der Waals surface area contributed by atoms with E-state index >= 15 is 0 Å². The fourth-order valence-corrected chi connectivity index (χ4v) is 2.06. The molecule has 3 nitrogen and oxygen atoms in total. The van der Waals surface area contributed by atoms with Gasteiger partial charge in [0.2, 0.25) is 0 Å². The molecule has 1 fully saturated rings. The van der Waals surface area contributed by atoms with Gasteiger partial charge in [0, 0.05) is 11.6 Å². The van der Waals surface area contributed by atoms with Gasteiger partial charge in [0.1, 0.15) is 6.10 Å². The Morgan fingerprint density at radius 2 is 2.38 bits per heavy atom. The van der Waals surface area contributed by atoms with Crippen LogP contribution in [0.15, 0.2) is 11.6 Å². The summed E-state index contributed by atoms with van der Waals surface area (Å²) in [5.41, 5.74) is 6.79. The predicted molar refractivity (Wildman–Crippen MR) is 49.0 cm³/mol. The Morgan fingerprint density at radius 3 is 3.15 bits per heavy atom. The first kappa shape index (κ1) is 8.75. The van der Waals surface area contributed by atoms with Crippen LogP contribution < -0.4 is 5.73 Å². The van der Waals surface area contributed by atoms with Crippen LogP contribution >= 0.6 is 0 Å². The first-order valence-corrected chi connectivity index (χ1v) is 4.86. The molecule has 0 aliphatic carbocycles. The van der Waals surface area contributed by atoms with Crippen molar-refractivity contribution in [2.45, 2.75) is 38.3 Å². The molecule has 0 spiro atoms. The van der Waals surface area contributed by atoms with Gasteiger partial charge in [-0.2, -0.15) is 0 Å². The molecule has 2 heterocycles. The monoisotopic (exact) mass is 181 g/mol. The molecule has 2 N–H and O–H groups in total. The highest BCUT2D eigenvalue weighted by molar-refractivity contribution is 5.89. The second-order valence-corrected chi connectivity index (χ2v) is 3.96. The van der Waals surface area contributed by atoms with Gasteiger partial charge in [-0.05, 0) is 25.2 Å². The number of rotatable bonds is 0. The highest BCUT2D eigenvalue weighted by atomic mass is 16.5. The zero-order chi connectivity index (χ0) is 9.42. The summed E-state index contributed by atoms with van der Waals surface area (Å²) >= 11 is 0. The van der Waals surface area contributed by atoms with E-state index in [1.807, 2.05) is 13.0 Å². The molecule has 0 aromatic carbocycles. The van der Waals surface area contributed by atoms with Crippen LogP contribution in [0.25, 0.3) is 0 Å². The lowest BCUT2D eigenvalue weighted by Crippen LogP contribution is -2.40. The van der Waals surface area contributed by atoms with Crippen molar-refractivity contribution in [1.82, 2.24) is 0 Å². The lowest BCUT2D eigenvalue weighted by Gasteiger charge is -2.24. The molecule has 2 bridgehead atoms. The minimum Gasteiger partial charge on any atom is -0.457 e. The molecule has 2 aliphatic heterocycles. The number of esters is 1. The standard InChI is InChI=1S/C10H15NO2/c1-6-5-7-3-2-4-8(9(6)11)13-10(7)12/h5-6,8-9H,2-4,11H2,1H3. The SMILES string of the molecule is CC1C=C2CCCC(OC2=O)C1N. The van der Waals surface area contributed by atoms with Gasteiger partial charge in [0.15, 0.2) is 0 Å². The molecule has 3 unspecified atom stereocenters. The Hall–Kier alpha value is -0.830. The fraction of sp³-hybridized carbons (Fsp3) is 0.700. The van der Waals surface area contributed by atoms with E-state index in [9.17, 15) is 4.79 Å². The summed E-state index contributed by atoms with van der Waals surface area (Å²) in [6.07, 6.45) is 4.69. The van der Waals surface area contributed by atoms with E-state index in [0.717, 1.165) is 24.8 Å². The predicted octanol–water partition coefficient (Wildman–Crippen LogP) is 0.985. The Kier molecular flexibility index (Phi) is 2.12. The van der Waals surface area contributed by atoms with E-state index in [1.54, 1.807) is 0 Å². The van der Waals surface area contributed by atoms with Gasteiger partial charge in [0.25, 0.3) is 0 Å². The molecular weight excluding hydrogens is 166 g/mol. The summed E-state index contributed by atoms with van der Waals surface area (Å²) in [6.45, 7) is 2.05. The maximum absolute atomic E-state index is 11.4. The van der Waals surface area contributed by atoms with Crippen molar-refractivity contribution in [3.8, 4) is 0 Å². The van der Waals surface area contributed by atoms with Gasteiger partial charge in [0.05, 0.1) is 0 Å². The highest BCUT2D eigenvalue weighted by Gasteiger charge is 2.33. The topological polar surface area (TPSA) is 52.3 Å². The lowest BCUT2D eigenvalue weighted by atomic mass is 9.90. The Labute approximate surface area is 77.9 Å². The summed E-state index contributed by atoms with van der Waals surface area (Å²) in [5, 5.41) is 0. The van der Waals surface area contributed by atoms with Crippen molar-refractivity contribution in [3.05, 3.63) is 11.6 Å². The van der Waals surface area contributed by atoms with Crippen molar-refractivity contribution >= 4 is 5.97 Å². The van der Waals surface area contributed by atoms with Gasteiger partial charge in [-0.25, -0.2) is 4.79 Å². The minimum atomic E-state index is -0.151. The number of carbonyl (C=O) groups is 1. The van der Waals surface area contributed by atoms with E-state index in [1.165, 1.54) is 0 Å². The third-order valence-corrected chi connectivity index (χ3v) is 2.96. The molecule has 1 saturated heterocycles. The second-order valence-electron chi connectivity index (χ2n) is 3.96. The molecular formula is C10H15NO2. The zero-order valence-electron chi connectivity index (χ0n) is 7.82.